The molecule has 0 spiro atoms. The molecule has 0 aliphatic heterocycles. The van der Waals surface area contributed by atoms with E-state index < -0.39 is 0 Å². The summed E-state index contributed by atoms with van der Waals surface area (Å²) in [6.07, 6.45) is 5.68. The molecule has 0 bridgehead atoms. The van der Waals surface area contributed by atoms with E-state index in [1.54, 1.807) is 0 Å². The van der Waals surface area contributed by atoms with Gasteiger partial charge in [-0.25, -0.2) is 0 Å². The first-order chi connectivity index (χ1) is 6.66. The van der Waals surface area contributed by atoms with Crippen LogP contribution in [0.2, 0.25) is 0 Å². The van der Waals surface area contributed by atoms with Crippen molar-refractivity contribution < 1.29 is 5.11 Å². The van der Waals surface area contributed by atoms with Crippen LogP contribution >= 0.6 is 0 Å². The summed E-state index contributed by atoms with van der Waals surface area (Å²) in [6, 6.07) is 1.35. The van der Waals surface area contributed by atoms with Gasteiger partial charge in [0, 0.05) is 12.1 Å². The summed E-state index contributed by atoms with van der Waals surface area (Å²) in [4.78, 5) is 0. The van der Waals surface area contributed by atoms with Gasteiger partial charge in [0.15, 0.2) is 0 Å². The summed E-state index contributed by atoms with van der Waals surface area (Å²) in [5, 5.41) is 13.1. The molecule has 0 saturated heterocycles. The van der Waals surface area contributed by atoms with E-state index in [0.29, 0.717) is 12.1 Å². The molecule has 2 saturated carbocycles. The van der Waals surface area contributed by atoms with Gasteiger partial charge < -0.3 is 10.4 Å². The van der Waals surface area contributed by atoms with E-state index in [2.05, 4.69) is 19.2 Å². The SMILES string of the molecule is CC1CC1C(C)NC1CCC(O)CC1. The van der Waals surface area contributed by atoms with Crippen molar-refractivity contribution >= 4 is 0 Å². The smallest absolute Gasteiger partial charge is 0.0541 e. The molecule has 2 aliphatic rings. The average Bonchev–Trinajstić information content (AvgIpc) is 2.87. The predicted molar refractivity (Wildman–Crippen MR) is 58.1 cm³/mol. The summed E-state index contributed by atoms with van der Waals surface area (Å²) >= 11 is 0. The zero-order chi connectivity index (χ0) is 10.1. The Morgan fingerprint density at radius 2 is 1.79 bits per heavy atom. The van der Waals surface area contributed by atoms with Crippen LogP contribution in [-0.4, -0.2) is 23.3 Å². The number of aliphatic hydroxyl groups excluding tert-OH is 1. The monoisotopic (exact) mass is 197 g/mol. The summed E-state index contributed by atoms with van der Waals surface area (Å²) < 4.78 is 0. The van der Waals surface area contributed by atoms with Gasteiger partial charge >= 0.3 is 0 Å². The normalized spacial score (nSPS) is 44.8. The van der Waals surface area contributed by atoms with Crippen molar-refractivity contribution in [2.45, 2.75) is 64.1 Å². The van der Waals surface area contributed by atoms with Gasteiger partial charge in [-0.15, -0.1) is 0 Å². The van der Waals surface area contributed by atoms with Crippen LogP contribution in [0.1, 0.15) is 46.0 Å². The first-order valence-electron chi connectivity index (χ1n) is 6.11. The minimum absolute atomic E-state index is 0.0248. The van der Waals surface area contributed by atoms with Crippen LogP contribution in [0.5, 0.6) is 0 Å². The maximum Gasteiger partial charge on any atom is 0.0541 e. The fourth-order valence-corrected chi connectivity index (χ4v) is 2.79. The molecule has 3 atom stereocenters. The Kier molecular flexibility index (Phi) is 3.13. The Balaban J connectivity index is 1.69. The molecule has 14 heavy (non-hydrogen) atoms. The van der Waals surface area contributed by atoms with Crippen molar-refractivity contribution in [1.82, 2.24) is 5.32 Å². The molecule has 2 nitrogen and oxygen atoms in total. The molecule has 0 heterocycles. The van der Waals surface area contributed by atoms with Crippen molar-refractivity contribution in [3.8, 4) is 0 Å². The van der Waals surface area contributed by atoms with Crippen LogP contribution in [0.3, 0.4) is 0 Å². The highest BCUT2D eigenvalue weighted by molar-refractivity contribution is 4.92. The van der Waals surface area contributed by atoms with E-state index >= 15 is 0 Å². The highest BCUT2D eigenvalue weighted by atomic mass is 16.3. The highest BCUT2D eigenvalue weighted by Gasteiger charge is 2.37. The van der Waals surface area contributed by atoms with Crippen LogP contribution in [0.25, 0.3) is 0 Å². The molecule has 0 amide bonds. The summed E-state index contributed by atoms with van der Waals surface area (Å²) in [5.41, 5.74) is 0. The number of nitrogens with one attached hydrogen (secondary N) is 1. The molecule has 0 radical (unpaired) electrons. The fraction of sp³-hybridized carbons (Fsp3) is 1.00. The van der Waals surface area contributed by atoms with E-state index in [4.69, 9.17) is 0 Å². The predicted octanol–water partition coefficient (Wildman–Crippen LogP) is 1.92. The number of hydrogen-bond acceptors (Lipinski definition) is 2. The van der Waals surface area contributed by atoms with E-state index in [9.17, 15) is 5.11 Å². The molecule has 2 fully saturated rings. The quantitative estimate of drug-likeness (QED) is 0.724. The third kappa shape index (κ3) is 2.48. The van der Waals surface area contributed by atoms with Crippen molar-refractivity contribution in [2.24, 2.45) is 11.8 Å². The molecule has 82 valence electrons. The molecule has 2 N–H and O–H groups in total. The van der Waals surface area contributed by atoms with Gasteiger partial charge in [-0.2, -0.15) is 0 Å². The lowest BCUT2D eigenvalue weighted by Gasteiger charge is -2.29. The molecule has 0 aromatic heterocycles. The molecule has 0 aromatic rings. The summed E-state index contributed by atoms with van der Waals surface area (Å²) in [5.74, 6) is 1.86. The van der Waals surface area contributed by atoms with Crippen molar-refractivity contribution in [1.29, 1.82) is 0 Å². The molecule has 0 aromatic carbocycles. The van der Waals surface area contributed by atoms with Crippen LogP contribution in [0, 0.1) is 11.8 Å². The molecule has 2 heteroatoms. The average molecular weight is 197 g/mol. The van der Waals surface area contributed by atoms with Crippen LogP contribution in [-0.2, 0) is 0 Å². The first kappa shape index (κ1) is 10.4. The van der Waals surface area contributed by atoms with Gasteiger partial charge in [0.25, 0.3) is 0 Å². The lowest BCUT2D eigenvalue weighted by molar-refractivity contribution is 0.113. The number of hydrogen-bond donors (Lipinski definition) is 2. The van der Waals surface area contributed by atoms with Crippen LogP contribution in [0.4, 0.5) is 0 Å². The molecular weight excluding hydrogens is 174 g/mol. The van der Waals surface area contributed by atoms with Gasteiger partial charge in [-0.3, -0.25) is 0 Å². The molecule has 3 unspecified atom stereocenters. The van der Waals surface area contributed by atoms with Gasteiger partial charge in [0.2, 0.25) is 0 Å². The molecule has 2 rings (SSSR count). The minimum atomic E-state index is -0.0248. The van der Waals surface area contributed by atoms with Crippen molar-refractivity contribution in [3.05, 3.63) is 0 Å². The van der Waals surface area contributed by atoms with Crippen LogP contribution < -0.4 is 5.32 Å². The van der Waals surface area contributed by atoms with E-state index in [0.717, 1.165) is 37.5 Å². The Hall–Kier alpha value is -0.0800. The minimum Gasteiger partial charge on any atom is -0.393 e. The third-order valence-electron chi connectivity index (χ3n) is 4.01. The van der Waals surface area contributed by atoms with Gasteiger partial charge in [0.1, 0.15) is 0 Å². The largest absolute Gasteiger partial charge is 0.393 e. The maximum absolute atomic E-state index is 9.40. The highest BCUT2D eigenvalue weighted by Crippen LogP contribution is 2.40. The van der Waals surface area contributed by atoms with E-state index in [1.807, 2.05) is 0 Å². The fourth-order valence-electron chi connectivity index (χ4n) is 2.79. The number of rotatable bonds is 3. The van der Waals surface area contributed by atoms with Crippen molar-refractivity contribution in [3.63, 3.8) is 0 Å². The van der Waals surface area contributed by atoms with Gasteiger partial charge in [-0.1, -0.05) is 6.92 Å². The summed E-state index contributed by atoms with van der Waals surface area (Å²) in [7, 11) is 0. The lowest BCUT2D eigenvalue weighted by Crippen LogP contribution is -2.41. The van der Waals surface area contributed by atoms with Crippen molar-refractivity contribution in [2.75, 3.05) is 0 Å². The second-order valence-electron chi connectivity index (χ2n) is 5.34. The summed E-state index contributed by atoms with van der Waals surface area (Å²) in [6.45, 7) is 4.66. The van der Waals surface area contributed by atoms with E-state index in [-0.39, 0.29) is 6.10 Å². The number of aliphatic hydroxyl groups is 1. The molecular formula is C12H23NO. The Bertz CT molecular complexity index is 187. The topological polar surface area (TPSA) is 32.3 Å². The second kappa shape index (κ2) is 4.19. The Morgan fingerprint density at radius 3 is 2.29 bits per heavy atom. The zero-order valence-electron chi connectivity index (χ0n) is 9.37. The van der Waals surface area contributed by atoms with E-state index in [1.165, 1.54) is 6.42 Å². The first-order valence-corrected chi connectivity index (χ1v) is 6.11. The third-order valence-corrected chi connectivity index (χ3v) is 4.01. The second-order valence-corrected chi connectivity index (χ2v) is 5.34. The van der Waals surface area contributed by atoms with Gasteiger partial charge in [0.05, 0.1) is 6.10 Å². The Morgan fingerprint density at radius 1 is 1.21 bits per heavy atom. The lowest BCUT2D eigenvalue weighted by atomic mass is 9.92. The van der Waals surface area contributed by atoms with Gasteiger partial charge in [-0.05, 0) is 50.9 Å². The molecule has 2 aliphatic carbocycles. The maximum atomic E-state index is 9.40. The standard InChI is InChI=1S/C12H23NO/c1-8-7-12(8)9(2)13-10-3-5-11(14)6-4-10/h8-14H,3-7H2,1-2H3. The Labute approximate surface area is 87.1 Å². The zero-order valence-corrected chi connectivity index (χ0v) is 9.37. The van der Waals surface area contributed by atoms with Crippen LogP contribution in [0.15, 0.2) is 0 Å².